The van der Waals surface area contributed by atoms with Gasteiger partial charge >= 0.3 is 0 Å². The lowest BCUT2D eigenvalue weighted by atomic mass is 10.2. The van der Waals surface area contributed by atoms with E-state index in [2.05, 4.69) is 0 Å². The molecule has 0 saturated carbocycles. The summed E-state index contributed by atoms with van der Waals surface area (Å²) in [5, 5.41) is 8.13. The molecule has 0 heterocycles. The molecule has 0 bridgehead atoms. The summed E-state index contributed by atoms with van der Waals surface area (Å²) in [6.07, 6.45) is 0. The molecule has 0 fully saturated rings. The van der Waals surface area contributed by atoms with Crippen molar-refractivity contribution in [3.05, 3.63) is 57.8 Å². The molecule has 0 amide bonds. The van der Waals surface area contributed by atoms with Crippen LogP contribution in [0.1, 0.15) is 5.56 Å². The molecule has 2 aromatic rings. The average Bonchev–Trinajstić information content (AvgIpc) is 2.36. The maximum Gasteiger partial charge on any atom is 0.137 e. The highest BCUT2D eigenvalue weighted by atomic mass is 35.5. The Morgan fingerprint density at radius 2 is 1.84 bits per heavy atom. The van der Waals surface area contributed by atoms with E-state index in [-0.39, 0.29) is 5.84 Å². The Kier molecular flexibility index (Phi) is 4.34. The van der Waals surface area contributed by atoms with Crippen LogP contribution in [0.2, 0.25) is 10.0 Å². The first kappa shape index (κ1) is 14.2. The lowest BCUT2D eigenvalue weighted by Gasteiger charge is -2.06. The van der Waals surface area contributed by atoms with Crippen LogP contribution in [0.4, 0.5) is 4.39 Å². The summed E-state index contributed by atoms with van der Waals surface area (Å²) in [6, 6.07) is 9.52. The van der Waals surface area contributed by atoms with Crippen LogP contribution in [0.5, 0.6) is 0 Å². The molecule has 0 radical (unpaired) electrons. The van der Waals surface area contributed by atoms with Crippen molar-refractivity contribution in [3.8, 4) is 0 Å². The zero-order valence-electron chi connectivity index (χ0n) is 9.58. The number of hydrogen-bond donors (Lipinski definition) is 2. The average molecular weight is 315 g/mol. The lowest BCUT2D eigenvalue weighted by Crippen LogP contribution is -2.11. The van der Waals surface area contributed by atoms with Gasteiger partial charge in [0.05, 0.1) is 10.0 Å². The van der Waals surface area contributed by atoms with E-state index in [9.17, 15) is 4.39 Å². The number of nitrogen functional groups attached to an aromatic ring is 1. The lowest BCUT2D eigenvalue weighted by molar-refractivity contribution is 0.601. The van der Waals surface area contributed by atoms with Gasteiger partial charge in [-0.2, -0.15) is 0 Å². The van der Waals surface area contributed by atoms with Crippen LogP contribution in [0.15, 0.2) is 46.2 Å². The van der Waals surface area contributed by atoms with Crippen LogP contribution in [0.25, 0.3) is 0 Å². The Morgan fingerprint density at radius 1 is 1.11 bits per heavy atom. The molecule has 2 nitrogen and oxygen atoms in total. The van der Waals surface area contributed by atoms with Gasteiger partial charge in [0, 0.05) is 15.4 Å². The molecule has 0 atom stereocenters. The van der Waals surface area contributed by atoms with Gasteiger partial charge in [-0.05, 0) is 36.4 Å². The normalized spacial score (nSPS) is 10.5. The zero-order chi connectivity index (χ0) is 14.0. The van der Waals surface area contributed by atoms with Gasteiger partial charge in [-0.15, -0.1) is 0 Å². The molecule has 0 aliphatic heterocycles. The molecule has 3 N–H and O–H groups in total. The number of amidine groups is 1. The summed E-state index contributed by atoms with van der Waals surface area (Å²) in [6.45, 7) is 0. The SMILES string of the molecule is N=C(N)c1ccc(Sc2ccc(Cl)c(Cl)c2)c(F)c1. The summed E-state index contributed by atoms with van der Waals surface area (Å²) in [5.74, 6) is -0.589. The van der Waals surface area contributed by atoms with E-state index < -0.39 is 5.82 Å². The van der Waals surface area contributed by atoms with Gasteiger partial charge in [-0.3, -0.25) is 5.41 Å². The van der Waals surface area contributed by atoms with Crippen molar-refractivity contribution in [1.82, 2.24) is 0 Å². The Balaban J connectivity index is 2.28. The summed E-state index contributed by atoms with van der Waals surface area (Å²) in [5.41, 5.74) is 5.66. The third-order valence-corrected chi connectivity index (χ3v) is 4.14. The van der Waals surface area contributed by atoms with E-state index in [0.717, 1.165) is 4.90 Å². The van der Waals surface area contributed by atoms with Crippen molar-refractivity contribution in [2.45, 2.75) is 9.79 Å². The maximum absolute atomic E-state index is 13.8. The van der Waals surface area contributed by atoms with Gasteiger partial charge in [-0.25, -0.2) is 4.39 Å². The largest absolute Gasteiger partial charge is 0.384 e. The van der Waals surface area contributed by atoms with E-state index >= 15 is 0 Å². The Hall–Kier alpha value is -1.23. The van der Waals surface area contributed by atoms with Crippen LogP contribution in [0.3, 0.4) is 0 Å². The first-order valence-corrected chi connectivity index (χ1v) is 6.81. The van der Waals surface area contributed by atoms with Crippen molar-refractivity contribution in [2.24, 2.45) is 5.73 Å². The molecule has 6 heteroatoms. The van der Waals surface area contributed by atoms with Gasteiger partial charge in [0.25, 0.3) is 0 Å². The summed E-state index contributed by atoms with van der Waals surface area (Å²) < 4.78 is 13.8. The van der Waals surface area contributed by atoms with Gasteiger partial charge in [0.15, 0.2) is 0 Å². The minimum atomic E-state index is -0.427. The topological polar surface area (TPSA) is 49.9 Å². The second-order valence-electron chi connectivity index (χ2n) is 3.74. The molecular formula is C13H9Cl2FN2S. The third kappa shape index (κ3) is 3.41. The van der Waals surface area contributed by atoms with Gasteiger partial charge < -0.3 is 5.73 Å². The van der Waals surface area contributed by atoms with Crippen molar-refractivity contribution < 1.29 is 4.39 Å². The van der Waals surface area contributed by atoms with Crippen molar-refractivity contribution in [2.75, 3.05) is 0 Å². The second-order valence-corrected chi connectivity index (χ2v) is 5.67. The first-order valence-electron chi connectivity index (χ1n) is 5.24. The van der Waals surface area contributed by atoms with E-state index in [1.165, 1.54) is 17.8 Å². The molecule has 2 rings (SSSR count). The highest BCUT2D eigenvalue weighted by Gasteiger charge is 2.08. The molecular weight excluding hydrogens is 306 g/mol. The van der Waals surface area contributed by atoms with Gasteiger partial charge in [0.2, 0.25) is 0 Å². The highest BCUT2D eigenvalue weighted by Crippen LogP contribution is 2.33. The second kappa shape index (κ2) is 5.82. The quantitative estimate of drug-likeness (QED) is 0.644. The molecule has 0 saturated heterocycles. The summed E-state index contributed by atoms with van der Waals surface area (Å²) in [7, 11) is 0. The van der Waals surface area contributed by atoms with Crippen LogP contribution in [-0.2, 0) is 0 Å². The summed E-state index contributed by atoms with van der Waals surface area (Å²) in [4.78, 5) is 1.22. The van der Waals surface area contributed by atoms with Crippen molar-refractivity contribution in [3.63, 3.8) is 0 Å². The standard InChI is InChI=1S/C13H9Cl2FN2S/c14-9-3-2-8(6-10(9)15)19-12-4-1-7(13(17)18)5-11(12)16/h1-6H,(H3,17,18). The number of halogens is 3. The molecule has 0 aromatic heterocycles. The molecule has 19 heavy (non-hydrogen) atoms. The molecule has 98 valence electrons. The number of nitrogens with two attached hydrogens (primary N) is 1. The minimum absolute atomic E-state index is 0.162. The number of hydrogen-bond acceptors (Lipinski definition) is 2. The Labute approximate surface area is 124 Å². The molecule has 0 spiro atoms. The van der Waals surface area contributed by atoms with E-state index in [4.69, 9.17) is 34.3 Å². The summed E-state index contributed by atoms with van der Waals surface area (Å²) >= 11 is 12.9. The van der Waals surface area contributed by atoms with Crippen LogP contribution >= 0.6 is 35.0 Å². The van der Waals surface area contributed by atoms with Crippen LogP contribution in [0, 0.1) is 11.2 Å². The fourth-order valence-corrected chi connectivity index (χ4v) is 2.64. The van der Waals surface area contributed by atoms with E-state index in [1.807, 2.05) is 0 Å². The predicted octanol–water partition coefficient (Wildman–Crippen LogP) is 4.57. The minimum Gasteiger partial charge on any atom is -0.384 e. The van der Waals surface area contributed by atoms with Crippen LogP contribution < -0.4 is 5.73 Å². The fraction of sp³-hybridized carbons (Fsp3) is 0. The van der Waals surface area contributed by atoms with Gasteiger partial charge in [0.1, 0.15) is 11.7 Å². The number of nitrogens with one attached hydrogen (secondary N) is 1. The molecule has 0 aliphatic carbocycles. The van der Waals surface area contributed by atoms with E-state index in [1.54, 1.807) is 30.3 Å². The Bertz CT molecular complexity index is 647. The van der Waals surface area contributed by atoms with E-state index in [0.29, 0.717) is 20.5 Å². The van der Waals surface area contributed by atoms with Crippen molar-refractivity contribution in [1.29, 1.82) is 5.41 Å². The zero-order valence-corrected chi connectivity index (χ0v) is 11.9. The van der Waals surface area contributed by atoms with Gasteiger partial charge in [-0.1, -0.05) is 35.0 Å². The molecule has 2 aromatic carbocycles. The highest BCUT2D eigenvalue weighted by molar-refractivity contribution is 7.99. The fourth-order valence-electron chi connectivity index (χ4n) is 1.42. The number of rotatable bonds is 3. The predicted molar refractivity (Wildman–Crippen MR) is 78.0 cm³/mol. The van der Waals surface area contributed by atoms with Crippen LogP contribution in [-0.4, -0.2) is 5.84 Å². The Morgan fingerprint density at radius 3 is 2.42 bits per heavy atom. The first-order chi connectivity index (χ1) is 8.97. The molecule has 0 unspecified atom stereocenters. The monoisotopic (exact) mass is 314 g/mol. The smallest absolute Gasteiger partial charge is 0.137 e. The third-order valence-electron chi connectivity index (χ3n) is 2.36. The maximum atomic E-state index is 13.8. The molecule has 0 aliphatic rings. The number of benzene rings is 2. The van der Waals surface area contributed by atoms with Crippen molar-refractivity contribution >= 4 is 40.8 Å².